The molecule has 0 aromatic carbocycles. The molecule has 0 N–H and O–H groups in total. The molecule has 0 heterocycles. The third kappa shape index (κ3) is 5.13. The number of rotatable bonds is 5. The molecule has 0 aliphatic rings. The molecule has 0 saturated carbocycles. The SMILES string of the molecule is CC(C)N([SiH2][SiH2][SiH2][SiH3])C(C)C. The van der Waals surface area contributed by atoms with Gasteiger partial charge in [0.2, 0.25) is 0 Å². The minimum atomic E-state index is 0.299. The normalized spacial score (nSPS) is 15.5. The number of hydrogen-bond donors (Lipinski definition) is 0. The molecule has 0 bridgehead atoms. The Hall–Kier alpha value is 0.828. The summed E-state index contributed by atoms with van der Waals surface area (Å²) in [5, 5.41) is 0. The first-order valence-corrected chi connectivity index (χ1v) is 19.1. The van der Waals surface area contributed by atoms with Gasteiger partial charge in [-0.2, -0.15) is 0 Å². The van der Waals surface area contributed by atoms with E-state index in [1.54, 1.807) is 9.76 Å². The summed E-state index contributed by atoms with van der Waals surface area (Å²) in [6, 6.07) is 1.66. The van der Waals surface area contributed by atoms with Gasteiger partial charge in [0.15, 0.2) is 0 Å². The minimum Gasteiger partial charge on any atom is -0.328 e. The van der Waals surface area contributed by atoms with Gasteiger partial charge in [0.25, 0.3) is 0 Å². The molecule has 0 fully saturated rings. The van der Waals surface area contributed by atoms with Crippen LogP contribution in [0.15, 0.2) is 0 Å². The highest BCUT2D eigenvalue weighted by Crippen LogP contribution is 2.00. The first-order chi connectivity index (χ1) is 5.09. The first kappa shape index (κ1) is 11.8. The summed E-state index contributed by atoms with van der Waals surface area (Å²) in [6.07, 6.45) is 0. The quantitative estimate of drug-likeness (QED) is 0.470. The molecule has 0 aromatic rings. The van der Waals surface area contributed by atoms with E-state index in [0.29, 0.717) is 26.3 Å². The van der Waals surface area contributed by atoms with E-state index in [1.165, 1.54) is 0 Å². The molecular formula is C6H23NSi4. The molecule has 0 aromatic heterocycles. The number of nitrogens with zero attached hydrogens (tertiary/aromatic N) is 1. The summed E-state index contributed by atoms with van der Waals surface area (Å²) in [5.74, 6) is 0. The Morgan fingerprint density at radius 1 is 1.09 bits per heavy atom. The van der Waals surface area contributed by atoms with E-state index >= 15 is 0 Å². The Kier molecular flexibility index (Phi) is 6.83. The summed E-state index contributed by atoms with van der Waals surface area (Å²) in [7, 11) is 3.05. The maximum Gasteiger partial charge on any atom is 0.0767 e. The van der Waals surface area contributed by atoms with Gasteiger partial charge in [-0.25, -0.2) is 0 Å². The lowest BCUT2D eigenvalue weighted by molar-refractivity contribution is 0.317. The van der Waals surface area contributed by atoms with Crippen LogP contribution in [0, 0.1) is 0 Å². The third-order valence-electron chi connectivity index (χ3n) is 2.10. The van der Waals surface area contributed by atoms with Crippen molar-refractivity contribution in [2.75, 3.05) is 0 Å². The molecule has 0 aliphatic carbocycles. The molecule has 11 heavy (non-hydrogen) atoms. The highest BCUT2D eigenvalue weighted by atomic mass is 29.7. The van der Waals surface area contributed by atoms with Crippen LogP contribution in [0.4, 0.5) is 0 Å². The average molecular weight is 222 g/mol. The van der Waals surface area contributed by atoms with Gasteiger partial charge in [-0.1, -0.05) is 27.7 Å². The van der Waals surface area contributed by atoms with Crippen molar-refractivity contribution in [3.8, 4) is 0 Å². The Morgan fingerprint density at radius 2 is 1.55 bits per heavy atom. The second-order valence-electron chi connectivity index (χ2n) is 3.78. The van der Waals surface area contributed by atoms with Crippen molar-refractivity contribution in [2.45, 2.75) is 39.8 Å². The van der Waals surface area contributed by atoms with Gasteiger partial charge in [0.05, 0.1) is 9.20 Å². The van der Waals surface area contributed by atoms with Crippen molar-refractivity contribution in [3.63, 3.8) is 0 Å². The maximum absolute atomic E-state index is 2.80. The maximum atomic E-state index is 2.80. The monoisotopic (exact) mass is 221 g/mol. The summed E-state index contributed by atoms with van der Waals surface area (Å²) in [6.45, 7) is 9.43. The minimum absolute atomic E-state index is 0.299. The molecule has 5 heteroatoms. The zero-order valence-electron chi connectivity index (χ0n) is 8.72. The van der Waals surface area contributed by atoms with E-state index in [0.717, 1.165) is 12.1 Å². The molecule has 0 amide bonds. The molecule has 0 saturated heterocycles. The fourth-order valence-electron chi connectivity index (χ4n) is 1.45. The molecular weight excluding hydrogens is 198 g/mol. The van der Waals surface area contributed by atoms with E-state index in [2.05, 4.69) is 32.3 Å². The van der Waals surface area contributed by atoms with E-state index in [4.69, 9.17) is 0 Å². The fourth-order valence-corrected chi connectivity index (χ4v) is 23.0. The van der Waals surface area contributed by atoms with Crippen molar-refractivity contribution in [3.05, 3.63) is 0 Å². The van der Waals surface area contributed by atoms with Crippen LogP contribution < -0.4 is 0 Å². The Balaban J connectivity index is 3.70. The fraction of sp³-hybridized carbons (Fsp3) is 1.00. The molecule has 0 aliphatic heterocycles. The second-order valence-corrected chi connectivity index (χ2v) is 28.5. The largest absolute Gasteiger partial charge is 0.328 e. The molecule has 0 unspecified atom stereocenters. The zero-order valence-corrected chi connectivity index (χ0v) is 15.0. The van der Waals surface area contributed by atoms with Crippen LogP contribution >= 0.6 is 0 Å². The van der Waals surface area contributed by atoms with Gasteiger partial charge in [0, 0.05) is 8.55 Å². The van der Waals surface area contributed by atoms with Crippen molar-refractivity contribution in [1.82, 2.24) is 4.57 Å². The van der Waals surface area contributed by atoms with Gasteiger partial charge >= 0.3 is 0 Å². The van der Waals surface area contributed by atoms with E-state index in [1.807, 2.05) is 0 Å². The van der Waals surface area contributed by atoms with Crippen molar-refractivity contribution >= 4 is 36.1 Å². The van der Waals surface area contributed by atoms with Crippen LogP contribution in [0.2, 0.25) is 0 Å². The highest BCUT2D eigenvalue weighted by molar-refractivity contribution is 7.40. The van der Waals surface area contributed by atoms with Crippen LogP contribution in [0.3, 0.4) is 0 Å². The summed E-state index contributed by atoms with van der Waals surface area (Å²) < 4.78 is 2.80. The third-order valence-corrected chi connectivity index (χ3v) is 38.0. The molecule has 0 rings (SSSR count). The van der Waals surface area contributed by atoms with E-state index in [9.17, 15) is 0 Å². The summed E-state index contributed by atoms with van der Waals surface area (Å²) in [5.41, 5.74) is 0. The van der Waals surface area contributed by atoms with E-state index < -0.39 is 0 Å². The van der Waals surface area contributed by atoms with Crippen LogP contribution in [0.1, 0.15) is 27.7 Å². The standard InChI is InChI=1S/C6H23NSi4/c1-5(2)7(6(3)4)9-11-10-8/h5-6H,9-11H2,1-4,8H3. The Bertz CT molecular complexity index is 88.6. The summed E-state index contributed by atoms with van der Waals surface area (Å²) in [4.78, 5) is 0. The first-order valence-electron chi connectivity index (χ1n) is 4.85. The van der Waals surface area contributed by atoms with E-state index in [-0.39, 0.29) is 0 Å². The smallest absolute Gasteiger partial charge is 0.0767 e. The van der Waals surface area contributed by atoms with Crippen molar-refractivity contribution < 1.29 is 0 Å². The predicted octanol–water partition coefficient (Wildman–Crippen LogP) is -2.36. The average Bonchev–Trinajstić information content (AvgIpc) is 1.87. The number of hydrogen-bond acceptors (Lipinski definition) is 1. The van der Waals surface area contributed by atoms with Crippen LogP contribution in [0.5, 0.6) is 0 Å². The Morgan fingerprint density at radius 3 is 1.82 bits per heavy atom. The van der Waals surface area contributed by atoms with Crippen molar-refractivity contribution in [2.24, 2.45) is 0 Å². The summed E-state index contributed by atoms with van der Waals surface area (Å²) >= 11 is 0. The van der Waals surface area contributed by atoms with Gasteiger partial charge in [-0.3, -0.25) is 0 Å². The second kappa shape index (κ2) is 6.36. The topological polar surface area (TPSA) is 3.24 Å². The van der Waals surface area contributed by atoms with Gasteiger partial charge in [-0.05, 0) is 30.4 Å². The molecule has 68 valence electrons. The zero-order chi connectivity index (χ0) is 8.85. The lowest BCUT2D eigenvalue weighted by Gasteiger charge is -2.30. The van der Waals surface area contributed by atoms with Crippen molar-refractivity contribution in [1.29, 1.82) is 0 Å². The lowest BCUT2D eigenvalue weighted by Crippen LogP contribution is -2.43. The van der Waals surface area contributed by atoms with Gasteiger partial charge in [0.1, 0.15) is 0 Å². The predicted molar refractivity (Wildman–Crippen MR) is 67.7 cm³/mol. The Labute approximate surface area is 80.7 Å². The lowest BCUT2D eigenvalue weighted by atomic mass is 10.3. The van der Waals surface area contributed by atoms with Gasteiger partial charge in [-0.15, -0.1) is 0 Å². The van der Waals surface area contributed by atoms with Crippen LogP contribution in [-0.2, 0) is 0 Å². The molecule has 0 atom stereocenters. The molecule has 1 nitrogen and oxygen atoms in total. The van der Waals surface area contributed by atoms with Crippen LogP contribution in [-0.4, -0.2) is 52.7 Å². The van der Waals surface area contributed by atoms with Crippen LogP contribution in [0.25, 0.3) is 0 Å². The highest BCUT2D eigenvalue weighted by Gasteiger charge is 2.11. The molecule has 0 radical (unpaired) electrons. The molecule has 0 spiro atoms. The van der Waals surface area contributed by atoms with Gasteiger partial charge < -0.3 is 4.57 Å².